The van der Waals surface area contributed by atoms with Gasteiger partial charge in [-0.1, -0.05) is 31.2 Å². The normalized spacial score (nSPS) is 10.6. The maximum absolute atomic E-state index is 9.17. The van der Waals surface area contributed by atoms with E-state index in [0.717, 1.165) is 24.1 Å². The highest BCUT2D eigenvalue weighted by Crippen LogP contribution is 2.20. The lowest BCUT2D eigenvalue weighted by Crippen LogP contribution is -2.00. The fraction of sp³-hybridized carbons (Fsp3) is 0.167. The lowest BCUT2D eigenvalue weighted by atomic mass is 10.1. The van der Waals surface area contributed by atoms with Crippen molar-refractivity contribution in [3.05, 3.63) is 71.4 Å². The van der Waals surface area contributed by atoms with Crippen molar-refractivity contribution in [2.45, 2.75) is 19.9 Å². The number of rotatable bonds is 3. The number of aryl methyl sites for hydroxylation is 1. The van der Waals surface area contributed by atoms with E-state index in [4.69, 9.17) is 5.26 Å². The quantitative estimate of drug-likeness (QED) is 0.696. The van der Waals surface area contributed by atoms with Crippen LogP contribution in [-0.2, 0) is 13.0 Å². The van der Waals surface area contributed by atoms with Gasteiger partial charge in [0.25, 0.3) is 0 Å². The van der Waals surface area contributed by atoms with E-state index in [1.54, 1.807) is 0 Å². The van der Waals surface area contributed by atoms with Crippen molar-refractivity contribution in [3.8, 4) is 6.07 Å². The fourth-order valence-electron chi connectivity index (χ4n) is 2.56. The second-order valence-corrected chi connectivity index (χ2v) is 4.96. The molecule has 0 saturated heterocycles. The molecule has 2 aromatic carbocycles. The van der Waals surface area contributed by atoms with Gasteiger partial charge in [0.1, 0.15) is 0 Å². The second kappa shape index (κ2) is 5.22. The Labute approximate surface area is 118 Å². The molecule has 0 fully saturated rings. The highest BCUT2D eigenvalue weighted by molar-refractivity contribution is 5.81. The molecule has 2 heteroatoms. The van der Waals surface area contributed by atoms with Crippen LogP contribution in [0, 0.1) is 11.3 Å². The first kappa shape index (κ1) is 12.5. The molecule has 0 saturated carbocycles. The van der Waals surface area contributed by atoms with Crippen LogP contribution in [0.2, 0.25) is 0 Å². The Bertz CT molecular complexity index is 791. The van der Waals surface area contributed by atoms with Gasteiger partial charge in [-0.15, -0.1) is 0 Å². The molecule has 20 heavy (non-hydrogen) atoms. The highest BCUT2D eigenvalue weighted by Gasteiger charge is 2.05. The van der Waals surface area contributed by atoms with Crippen LogP contribution in [0.5, 0.6) is 0 Å². The van der Waals surface area contributed by atoms with Gasteiger partial charge in [0.15, 0.2) is 0 Å². The molecular weight excluding hydrogens is 244 g/mol. The molecule has 98 valence electrons. The molecular formula is C18H16N2. The number of hydrogen-bond acceptors (Lipinski definition) is 1. The van der Waals surface area contributed by atoms with Crippen LogP contribution >= 0.6 is 0 Å². The van der Waals surface area contributed by atoms with Crippen molar-refractivity contribution in [3.63, 3.8) is 0 Å². The largest absolute Gasteiger partial charge is 0.343 e. The molecule has 0 unspecified atom stereocenters. The third-order valence-corrected chi connectivity index (χ3v) is 3.72. The number of benzene rings is 2. The Kier molecular flexibility index (Phi) is 3.26. The van der Waals surface area contributed by atoms with E-state index in [0.29, 0.717) is 0 Å². The zero-order valence-electron chi connectivity index (χ0n) is 11.5. The van der Waals surface area contributed by atoms with Crippen molar-refractivity contribution in [1.29, 1.82) is 5.26 Å². The van der Waals surface area contributed by atoms with Crippen LogP contribution in [0.25, 0.3) is 10.9 Å². The molecule has 0 aliphatic carbocycles. The van der Waals surface area contributed by atoms with E-state index in [1.165, 1.54) is 16.5 Å². The molecule has 0 N–H and O–H groups in total. The smallest absolute Gasteiger partial charge is 0.0995 e. The summed E-state index contributed by atoms with van der Waals surface area (Å²) in [5.41, 5.74) is 4.38. The van der Waals surface area contributed by atoms with Crippen LogP contribution < -0.4 is 0 Å². The molecule has 3 rings (SSSR count). The van der Waals surface area contributed by atoms with Crippen LogP contribution in [0.3, 0.4) is 0 Å². The van der Waals surface area contributed by atoms with E-state index < -0.39 is 0 Å². The summed E-state index contributed by atoms with van der Waals surface area (Å²) in [4.78, 5) is 0. The highest BCUT2D eigenvalue weighted by atomic mass is 14.9. The number of fused-ring (bicyclic) bond motifs is 1. The zero-order chi connectivity index (χ0) is 13.9. The van der Waals surface area contributed by atoms with Gasteiger partial charge in [-0.05, 0) is 47.2 Å². The predicted molar refractivity (Wildman–Crippen MR) is 81.6 cm³/mol. The average Bonchev–Trinajstić information content (AvgIpc) is 2.90. The number of hydrogen-bond donors (Lipinski definition) is 0. The Morgan fingerprint density at radius 3 is 2.75 bits per heavy atom. The van der Waals surface area contributed by atoms with Crippen LogP contribution in [0.4, 0.5) is 0 Å². The molecule has 0 bridgehead atoms. The first-order valence-corrected chi connectivity index (χ1v) is 6.87. The summed E-state index contributed by atoms with van der Waals surface area (Å²) in [6.45, 7) is 2.90. The van der Waals surface area contributed by atoms with Crippen molar-refractivity contribution in [2.75, 3.05) is 0 Å². The lowest BCUT2D eigenvalue weighted by Gasteiger charge is -2.07. The van der Waals surface area contributed by atoms with E-state index in [9.17, 15) is 0 Å². The standard InChI is InChI=1S/C18H16N2/c1-2-14-7-8-18-15(11-14)9-10-20(18)13-17-6-4-3-5-16(17)12-19/h3-11H,2,13H2,1H3. The summed E-state index contributed by atoms with van der Waals surface area (Å²) in [5, 5.41) is 10.4. The van der Waals surface area contributed by atoms with E-state index in [-0.39, 0.29) is 0 Å². The van der Waals surface area contributed by atoms with Crippen molar-refractivity contribution < 1.29 is 0 Å². The van der Waals surface area contributed by atoms with Gasteiger partial charge >= 0.3 is 0 Å². The third-order valence-electron chi connectivity index (χ3n) is 3.72. The third kappa shape index (κ3) is 2.19. The Balaban J connectivity index is 2.01. The van der Waals surface area contributed by atoms with Crippen LogP contribution in [-0.4, -0.2) is 4.57 Å². The summed E-state index contributed by atoms with van der Waals surface area (Å²) in [5.74, 6) is 0. The maximum atomic E-state index is 9.17. The number of nitriles is 1. The lowest BCUT2D eigenvalue weighted by molar-refractivity contribution is 0.834. The summed E-state index contributed by atoms with van der Waals surface area (Å²) in [6, 6.07) is 18.8. The van der Waals surface area contributed by atoms with E-state index in [1.807, 2.05) is 24.3 Å². The monoisotopic (exact) mass is 260 g/mol. The molecule has 1 heterocycles. The molecule has 0 atom stereocenters. The van der Waals surface area contributed by atoms with Gasteiger partial charge in [-0.3, -0.25) is 0 Å². The molecule has 0 spiro atoms. The minimum absolute atomic E-state index is 0.735. The number of aromatic nitrogens is 1. The zero-order valence-corrected chi connectivity index (χ0v) is 11.5. The molecule has 0 radical (unpaired) electrons. The SMILES string of the molecule is CCc1ccc2c(ccn2Cc2ccccc2C#N)c1. The topological polar surface area (TPSA) is 28.7 Å². The molecule has 0 aliphatic heterocycles. The molecule has 3 aromatic rings. The van der Waals surface area contributed by atoms with Gasteiger partial charge in [0, 0.05) is 18.3 Å². The van der Waals surface area contributed by atoms with Crippen LogP contribution in [0.15, 0.2) is 54.7 Å². The molecule has 0 amide bonds. The first-order chi connectivity index (χ1) is 9.81. The second-order valence-electron chi connectivity index (χ2n) is 4.96. The Morgan fingerprint density at radius 1 is 1.10 bits per heavy atom. The fourth-order valence-corrected chi connectivity index (χ4v) is 2.56. The molecule has 0 aliphatic rings. The van der Waals surface area contributed by atoms with Crippen molar-refractivity contribution >= 4 is 10.9 Å². The van der Waals surface area contributed by atoms with Gasteiger partial charge in [0.2, 0.25) is 0 Å². The van der Waals surface area contributed by atoms with Gasteiger partial charge in [-0.2, -0.15) is 5.26 Å². The maximum Gasteiger partial charge on any atom is 0.0995 e. The van der Waals surface area contributed by atoms with Crippen LogP contribution in [0.1, 0.15) is 23.6 Å². The minimum atomic E-state index is 0.735. The Hall–Kier alpha value is -2.53. The predicted octanol–water partition coefficient (Wildman–Crippen LogP) is 4.12. The summed E-state index contributed by atoms with van der Waals surface area (Å²) < 4.78 is 2.20. The summed E-state index contributed by atoms with van der Waals surface area (Å²) in [6.07, 6.45) is 3.15. The van der Waals surface area contributed by atoms with Crippen molar-refractivity contribution in [2.24, 2.45) is 0 Å². The first-order valence-electron chi connectivity index (χ1n) is 6.87. The summed E-state index contributed by atoms with van der Waals surface area (Å²) in [7, 11) is 0. The molecule has 1 aromatic heterocycles. The van der Waals surface area contributed by atoms with Crippen molar-refractivity contribution in [1.82, 2.24) is 4.57 Å². The number of nitrogens with zero attached hydrogens (tertiary/aromatic N) is 2. The average molecular weight is 260 g/mol. The molecule has 2 nitrogen and oxygen atoms in total. The van der Waals surface area contributed by atoms with Gasteiger partial charge in [0.05, 0.1) is 11.6 Å². The van der Waals surface area contributed by atoms with E-state index >= 15 is 0 Å². The minimum Gasteiger partial charge on any atom is -0.343 e. The van der Waals surface area contributed by atoms with Gasteiger partial charge in [-0.25, -0.2) is 0 Å². The van der Waals surface area contributed by atoms with Gasteiger partial charge < -0.3 is 4.57 Å². The Morgan fingerprint density at radius 2 is 1.95 bits per heavy atom. The summed E-state index contributed by atoms with van der Waals surface area (Å²) >= 11 is 0. The van der Waals surface area contributed by atoms with E-state index in [2.05, 4.69) is 48.0 Å².